The Labute approximate surface area is 130 Å². The van der Waals surface area contributed by atoms with Gasteiger partial charge in [-0.3, -0.25) is 4.79 Å². The summed E-state index contributed by atoms with van der Waals surface area (Å²) < 4.78 is 0. The lowest BCUT2D eigenvalue weighted by Crippen LogP contribution is -2.37. The predicted molar refractivity (Wildman–Crippen MR) is 88.5 cm³/mol. The van der Waals surface area contributed by atoms with Crippen LogP contribution in [0.5, 0.6) is 0 Å². The summed E-state index contributed by atoms with van der Waals surface area (Å²) in [6, 6.07) is 2.32. The van der Waals surface area contributed by atoms with Gasteiger partial charge in [-0.15, -0.1) is 11.3 Å². The third kappa shape index (κ3) is 1.72. The number of ketones is 1. The lowest BCUT2D eigenvalue weighted by atomic mass is 9.58. The van der Waals surface area contributed by atoms with Crippen molar-refractivity contribution in [2.75, 3.05) is 0 Å². The highest BCUT2D eigenvalue weighted by atomic mass is 32.1. The van der Waals surface area contributed by atoms with E-state index in [9.17, 15) is 4.79 Å². The molecule has 3 atom stereocenters. The number of fused-ring (bicyclic) bond motifs is 3. The van der Waals surface area contributed by atoms with E-state index in [2.05, 4.69) is 31.4 Å². The summed E-state index contributed by atoms with van der Waals surface area (Å²) >= 11 is 1.84. The topological polar surface area (TPSA) is 17.1 Å². The number of allylic oxidation sites excluding steroid dienone is 4. The van der Waals surface area contributed by atoms with Crippen molar-refractivity contribution < 1.29 is 4.79 Å². The Bertz CT molecular complexity index is 663. The zero-order valence-electron chi connectivity index (χ0n) is 12.8. The van der Waals surface area contributed by atoms with Gasteiger partial charge in [-0.1, -0.05) is 31.4 Å². The van der Waals surface area contributed by atoms with Crippen LogP contribution in [0.15, 0.2) is 29.2 Å². The molecule has 0 radical (unpaired) electrons. The van der Waals surface area contributed by atoms with E-state index in [0.717, 1.165) is 12.8 Å². The van der Waals surface area contributed by atoms with E-state index in [1.807, 2.05) is 17.4 Å². The Kier molecular flexibility index (Phi) is 3.01. The van der Waals surface area contributed by atoms with Crippen molar-refractivity contribution >= 4 is 22.7 Å². The van der Waals surface area contributed by atoms with E-state index in [1.165, 1.54) is 40.8 Å². The predicted octanol–water partition coefficient (Wildman–Crippen LogP) is 5.34. The quantitative estimate of drug-likeness (QED) is 0.688. The molecule has 0 N–H and O–H groups in total. The third-order valence-corrected chi connectivity index (χ3v) is 6.87. The number of hydrogen-bond acceptors (Lipinski definition) is 2. The Hall–Kier alpha value is -1.15. The van der Waals surface area contributed by atoms with Crippen LogP contribution in [-0.2, 0) is 4.79 Å². The van der Waals surface area contributed by atoms with Gasteiger partial charge in [-0.2, -0.15) is 0 Å². The number of unbranched alkanes of at least 4 members (excludes halogenated alkanes) is 1. The molecule has 0 aliphatic heterocycles. The largest absolute Gasteiger partial charge is 0.294 e. The Morgan fingerprint density at radius 2 is 2.29 bits per heavy atom. The second-order valence-electron chi connectivity index (χ2n) is 6.93. The number of rotatable bonds is 3. The van der Waals surface area contributed by atoms with Gasteiger partial charge >= 0.3 is 0 Å². The molecule has 1 heterocycles. The molecule has 0 amide bonds. The van der Waals surface area contributed by atoms with Crippen molar-refractivity contribution in [3.8, 4) is 0 Å². The smallest absolute Gasteiger partial charge is 0.163 e. The minimum absolute atomic E-state index is 0.153. The van der Waals surface area contributed by atoms with Gasteiger partial charge in [0, 0.05) is 16.2 Å². The summed E-state index contributed by atoms with van der Waals surface area (Å²) in [7, 11) is 0. The molecule has 3 aliphatic rings. The summed E-state index contributed by atoms with van der Waals surface area (Å²) in [5.41, 5.74) is 4.43. The van der Waals surface area contributed by atoms with E-state index in [4.69, 9.17) is 0 Å². The number of hydrogen-bond donors (Lipinski definition) is 0. The standard InChI is InChI=1S/C19H22OS/c1-3-4-5-15-13-7-9-21-18(13)16-10-17(20)14-11-19(15,16)8-6-12(14)2/h6-7,9-10,14-15H,3-5,8,11H2,1-2H3. The van der Waals surface area contributed by atoms with Gasteiger partial charge in [0.1, 0.15) is 0 Å². The minimum atomic E-state index is 0.153. The highest BCUT2D eigenvalue weighted by molar-refractivity contribution is 7.11. The van der Waals surface area contributed by atoms with Gasteiger partial charge < -0.3 is 0 Å². The fourth-order valence-corrected chi connectivity index (χ4v) is 5.83. The normalized spacial score (nSPS) is 33.3. The Morgan fingerprint density at radius 1 is 1.43 bits per heavy atom. The fourth-order valence-electron chi connectivity index (χ4n) is 4.74. The third-order valence-electron chi connectivity index (χ3n) is 5.90. The summed E-state index contributed by atoms with van der Waals surface area (Å²) in [5.74, 6) is 1.12. The van der Waals surface area contributed by atoms with Gasteiger partial charge in [0.2, 0.25) is 0 Å². The first kappa shape index (κ1) is 13.5. The van der Waals surface area contributed by atoms with E-state index < -0.39 is 0 Å². The van der Waals surface area contributed by atoms with Crippen molar-refractivity contribution in [1.82, 2.24) is 0 Å². The maximum atomic E-state index is 12.5. The molecule has 21 heavy (non-hydrogen) atoms. The lowest BCUT2D eigenvalue weighted by molar-refractivity contribution is -0.118. The van der Waals surface area contributed by atoms with Crippen molar-refractivity contribution in [2.45, 2.75) is 51.9 Å². The average Bonchev–Trinajstić information content (AvgIpc) is 3.02. The summed E-state index contributed by atoms with van der Waals surface area (Å²) in [4.78, 5) is 13.9. The molecule has 4 rings (SSSR count). The Morgan fingerprint density at radius 3 is 3.10 bits per heavy atom. The molecule has 1 aromatic rings. The van der Waals surface area contributed by atoms with Gasteiger partial charge in [-0.25, -0.2) is 0 Å². The first-order valence-electron chi connectivity index (χ1n) is 8.18. The second-order valence-corrected chi connectivity index (χ2v) is 7.84. The monoisotopic (exact) mass is 298 g/mol. The van der Waals surface area contributed by atoms with Crippen LogP contribution in [0.25, 0.3) is 5.57 Å². The van der Waals surface area contributed by atoms with Crippen LogP contribution >= 0.6 is 11.3 Å². The first-order valence-corrected chi connectivity index (χ1v) is 9.06. The molecule has 2 heteroatoms. The van der Waals surface area contributed by atoms with Crippen molar-refractivity contribution in [3.63, 3.8) is 0 Å². The van der Waals surface area contributed by atoms with Crippen LogP contribution in [-0.4, -0.2) is 5.78 Å². The highest BCUT2D eigenvalue weighted by Crippen LogP contribution is 2.66. The molecular formula is C19H22OS. The molecule has 1 aromatic heterocycles. The molecular weight excluding hydrogens is 276 g/mol. The zero-order valence-corrected chi connectivity index (χ0v) is 13.6. The van der Waals surface area contributed by atoms with Crippen LogP contribution in [0, 0.1) is 11.3 Å². The maximum absolute atomic E-state index is 12.5. The Balaban J connectivity index is 1.86. The second kappa shape index (κ2) is 4.67. The average molecular weight is 298 g/mol. The fraction of sp³-hybridized carbons (Fsp3) is 0.526. The highest BCUT2D eigenvalue weighted by Gasteiger charge is 2.54. The van der Waals surface area contributed by atoms with Crippen molar-refractivity contribution in [1.29, 1.82) is 0 Å². The van der Waals surface area contributed by atoms with E-state index >= 15 is 0 Å². The van der Waals surface area contributed by atoms with E-state index in [1.54, 1.807) is 0 Å². The van der Waals surface area contributed by atoms with E-state index in [0.29, 0.717) is 11.7 Å². The van der Waals surface area contributed by atoms with Gasteiger partial charge in [0.15, 0.2) is 5.78 Å². The summed E-state index contributed by atoms with van der Waals surface area (Å²) in [5, 5.41) is 2.21. The first-order chi connectivity index (χ1) is 10.2. The molecule has 0 saturated carbocycles. The van der Waals surface area contributed by atoms with E-state index in [-0.39, 0.29) is 11.3 Å². The number of thiophene rings is 1. The maximum Gasteiger partial charge on any atom is 0.163 e. The molecule has 0 saturated heterocycles. The molecule has 1 spiro atoms. The van der Waals surface area contributed by atoms with Crippen LogP contribution in [0.3, 0.4) is 0 Å². The van der Waals surface area contributed by atoms with Gasteiger partial charge in [0.25, 0.3) is 0 Å². The van der Waals surface area contributed by atoms with Crippen LogP contribution < -0.4 is 0 Å². The molecule has 1 nitrogen and oxygen atoms in total. The molecule has 110 valence electrons. The van der Waals surface area contributed by atoms with Crippen molar-refractivity contribution in [3.05, 3.63) is 39.6 Å². The minimum Gasteiger partial charge on any atom is -0.294 e. The number of carbonyl (C=O) groups is 1. The molecule has 0 aromatic carbocycles. The number of carbonyl (C=O) groups excluding carboxylic acids is 1. The van der Waals surface area contributed by atoms with Crippen LogP contribution in [0.2, 0.25) is 0 Å². The molecule has 0 fully saturated rings. The lowest BCUT2D eigenvalue weighted by Gasteiger charge is -2.45. The van der Waals surface area contributed by atoms with Crippen LogP contribution in [0.1, 0.15) is 62.3 Å². The summed E-state index contributed by atoms with van der Waals surface area (Å²) in [6.45, 7) is 4.41. The molecule has 3 unspecified atom stereocenters. The molecule has 3 aliphatic carbocycles. The molecule has 2 bridgehead atoms. The van der Waals surface area contributed by atoms with Crippen LogP contribution in [0.4, 0.5) is 0 Å². The zero-order chi connectivity index (χ0) is 14.6. The van der Waals surface area contributed by atoms with Gasteiger partial charge in [0.05, 0.1) is 0 Å². The van der Waals surface area contributed by atoms with Crippen molar-refractivity contribution in [2.24, 2.45) is 11.3 Å². The van der Waals surface area contributed by atoms with Gasteiger partial charge in [-0.05, 0) is 60.8 Å². The summed E-state index contributed by atoms with van der Waals surface area (Å²) in [6.07, 6.45) is 10.4. The SMILES string of the molecule is CCCCC1c2ccsc2C2=CC(=O)C3CC21CC=C3C.